The summed E-state index contributed by atoms with van der Waals surface area (Å²) in [7, 11) is 0. The van der Waals surface area contributed by atoms with Crippen LogP contribution in [0.3, 0.4) is 0 Å². The summed E-state index contributed by atoms with van der Waals surface area (Å²) in [5.74, 6) is 0.727. The van der Waals surface area contributed by atoms with E-state index in [2.05, 4.69) is 9.89 Å². The average Bonchev–Trinajstić information content (AvgIpc) is 2.95. The van der Waals surface area contributed by atoms with Gasteiger partial charge in [0.05, 0.1) is 11.3 Å². The molecule has 0 amide bonds. The third-order valence-corrected chi connectivity index (χ3v) is 3.87. The van der Waals surface area contributed by atoms with Crippen molar-refractivity contribution in [3.8, 4) is 0 Å². The van der Waals surface area contributed by atoms with Crippen molar-refractivity contribution in [3.63, 3.8) is 0 Å². The highest BCUT2D eigenvalue weighted by molar-refractivity contribution is 5.87. The normalized spacial score (nSPS) is 17.0. The lowest BCUT2D eigenvalue weighted by Gasteiger charge is -2.19. The van der Waals surface area contributed by atoms with E-state index in [0.29, 0.717) is 13.0 Å². The summed E-state index contributed by atoms with van der Waals surface area (Å²) in [5, 5.41) is 0. The smallest absolute Gasteiger partial charge is 0.356 e. The summed E-state index contributed by atoms with van der Waals surface area (Å²) in [6, 6.07) is 15.4. The molecule has 0 spiro atoms. The minimum atomic E-state index is -4.39. The molecule has 5 heteroatoms. The fourth-order valence-corrected chi connectivity index (χ4v) is 2.77. The van der Waals surface area contributed by atoms with Crippen LogP contribution in [0.5, 0.6) is 0 Å². The molecule has 120 valence electrons. The Morgan fingerprint density at radius 1 is 0.957 bits per heavy atom. The minimum absolute atomic E-state index is 0.00467. The van der Waals surface area contributed by atoms with Crippen LogP contribution in [0.25, 0.3) is 0 Å². The zero-order valence-electron chi connectivity index (χ0n) is 12.6. The number of alkyl halides is 3. The van der Waals surface area contributed by atoms with Gasteiger partial charge in [-0.05, 0) is 24.1 Å². The summed E-state index contributed by atoms with van der Waals surface area (Å²) in [6.07, 6.45) is -2.76. The van der Waals surface area contributed by atoms with Gasteiger partial charge in [0.15, 0.2) is 0 Å². The first-order chi connectivity index (χ1) is 11.0. The Morgan fingerprint density at radius 3 is 2.39 bits per heavy atom. The van der Waals surface area contributed by atoms with Gasteiger partial charge in [0.2, 0.25) is 0 Å². The van der Waals surface area contributed by atoms with E-state index in [9.17, 15) is 13.2 Å². The van der Waals surface area contributed by atoms with Crippen molar-refractivity contribution in [2.24, 2.45) is 4.99 Å². The molecule has 1 fully saturated rings. The molecule has 1 aliphatic heterocycles. The van der Waals surface area contributed by atoms with Gasteiger partial charge >= 0.3 is 6.18 Å². The number of benzene rings is 2. The first-order valence-electron chi connectivity index (χ1n) is 7.57. The second-order valence-corrected chi connectivity index (χ2v) is 5.55. The molecule has 0 atom stereocenters. The first-order valence-corrected chi connectivity index (χ1v) is 7.57. The highest BCUT2D eigenvalue weighted by Crippen LogP contribution is 2.36. The molecule has 2 aromatic rings. The van der Waals surface area contributed by atoms with E-state index in [1.54, 1.807) is 6.07 Å². The van der Waals surface area contributed by atoms with Gasteiger partial charge in [-0.25, -0.2) is 4.99 Å². The lowest BCUT2D eigenvalue weighted by Crippen LogP contribution is -2.24. The number of likely N-dealkylation sites (tertiary alicyclic amines) is 1. The predicted octanol–water partition coefficient (Wildman–Crippen LogP) is 5.03. The third kappa shape index (κ3) is 3.73. The fourth-order valence-electron chi connectivity index (χ4n) is 2.77. The minimum Gasteiger partial charge on any atom is -0.356 e. The van der Waals surface area contributed by atoms with E-state index >= 15 is 0 Å². The molecule has 0 aromatic heterocycles. The molecular formula is C18H17F3N2. The van der Waals surface area contributed by atoms with Gasteiger partial charge < -0.3 is 4.90 Å². The molecule has 2 aromatic carbocycles. The van der Waals surface area contributed by atoms with Crippen molar-refractivity contribution in [1.29, 1.82) is 0 Å². The van der Waals surface area contributed by atoms with Crippen LogP contribution in [0.2, 0.25) is 0 Å². The van der Waals surface area contributed by atoms with Crippen molar-refractivity contribution in [2.75, 3.05) is 6.54 Å². The van der Waals surface area contributed by atoms with Gasteiger partial charge in [-0.3, -0.25) is 0 Å². The maximum Gasteiger partial charge on any atom is 0.418 e. The van der Waals surface area contributed by atoms with Crippen molar-refractivity contribution >= 4 is 11.5 Å². The van der Waals surface area contributed by atoms with Crippen molar-refractivity contribution in [2.45, 2.75) is 25.6 Å². The van der Waals surface area contributed by atoms with Gasteiger partial charge in [-0.2, -0.15) is 13.2 Å². The Labute approximate surface area is 133 Å². The summed E-state index contributed by atoms with van der Waals surface area (Å²) >= 11 is 0. The monoisotopic (exact) mass is 318 g/mol. The van der Waals surface area contributed by atoms with E-state index in [0.717, 1.165) is 30.4 Å². The number of rotatable bonds is 3. The van der Waals surface area contributed by atoms with Crippen LogP contribution in [-0.2, 0) is 12.7 Å². The van der Waals surface area contributed by atoms with Crippen LogP contribution in [-0.4, -0.2) is 17.3 Å². The Bertz CT molecular complexity index is 693. The van der Waals surface area contributed by atoms with Crippen LogP contribution in [0.4, 0.5) is 18.9 Å². The SMILES string of the molecule is FC(F)(F)c1ccccc1N=C1CCCN1Cc1ccccc1. The topological polar surface area (TPSA) is 15.6 Å². The van der Waals surface area contributed by atoms with Crippen molar-refractivity contribution in [3.05, 3.63) is 65.7 Å². The van der Waals surface area contributed by atoms with Crippen LogP contribution in [0.1, 0.15) is 24.0 Å². The van der Waals surface area contributed by atoms with Gasteiger partial charge in [0.1, 0.15) is 5.84 Å². The van der Waals surface area contributed by atoms with E-state index in [-0.39, 0.29) is 5.69 Å². The quantitative estimate of drug-likeness (QED) is 0.775. The number of halogens is 3. The molecule has 3 rings (SSSR count). The molecule has 1 aliphatic rings. The molecule has 2 nitrogen and oxygen atoms in total. The number of aliphatic imine (C=N–C) groups is 1. The molecule has 0 N–H and O–H groups in total. The molecule has 1 saturated heterocycles. The largest absolute Gasteiger partial charge is 0.418 e. The molecule has 0 saturated carbocycles. The maximum atomic E-state index is 13.1. The molecule has 1 heterocycles. The van der Waals surface area contributed by atoms with E-state index in [1.165, 1.54) is 12.1 Å². The number of hydrogen-bond acceptors (Lipinski definition) is 1. The van der Waals surface area contributed by atoms with Crippen LogP contribution >= 0.6 is 0 Å². The second-order valence-electron chi connectivity index (χ2n) is 5.55. The zero-order chi connectivity index (χ0) is 16.3. The maximum absolute atomic E-state index is 13.1. The zero-order valence-corrected chi connectivity index (χ0v) is 12.6. The lowest BCUT2D eigenvalue weighted by atomic mass is 10.1. The molecule has 23 heavy (non-hydrogen) atoms. The van der Waals surface area contributed by atoms with E-state index in [1.807, 2.05) is 30.3 Å². The summed E-state index contributed by atoms with van der Waals surface area (Å²) in [6.45, 7) is 1.50. The Morgan fingerprint density at radius 2 is 1.65 bits per heavy atom. The third-order valence-electron chi connectivity index (χ3n) is 3.87. The van der Waals surface area contributed by atoms with Gasteiger partial charge in [0, 0.05) is 19.5 Å². The van der Waals surface area contributed by atoms with Gasteiger partial charge in [0.25, 0.3) is 0 Å². The molecule has 0 unspecified atom stereocenters. The Balaban J connectivity index is 1.87. The Hall–Kier alpha value is -2.30. The number of nitrogens with zero attached hydrogens (tertiary/aromatic N) is 2. The first kappa shape index (κ1) is 15.6. The number of hydrogen-bond donors (Lipinski definition) is 0. The fraction of sp³-hybridized carbons (Fsp3) is 0.278. The lowest BCUT2D eigenvalue weighted by molar-refractivity contribution is -0.137. The van der Waals surface area contributed by atoms with Gasteiger partial charge in [-0.1, -0.05) is 42.5 Å². The molecule has 0 aliphatic carbocycles. The Kier molecular flexibility index (Phi) is 4.37. The predicted molar refractivity (Wildman–Crippen MR) is 84.6 cm³/mol. The highest BCUT2D eigenvalue weighted by Gasteiger charge is 2.33. The van der Waals surface area contributed by atoms with Crippen LogP contribution in [0, 0.1) is 0 Å². The second kappa shape index (κ2) is 6.44. The molecule has 0 bridgehead atoms. The molecule has 0 radical (unpaired) electrons. The van der Waals surface area contributed by atoms with Crippen LogP contribution < -0.4 is 0 Å². The molecular weight excluding hydrogens is 301 g/mol. The number of amidine groups is 1. The van der Waals surface area contributed by atoms with Crippen molar-refractivity contribution in [1.82, 2.24) is 4.90 Å². The summed E-state index contributed by atoms with van der Waals surface area (Å²) in [4.78, 5) is 6.38. The van der Waals surface area contributed by atoms with Gasteiger partial charge in [-0.15, -0.1) is 0 Å². The number of para-hydroxylation sites is 1. The van der Waals surface area contributed by atoms with E-state index in [4.69, 9.17) is 0 Å². The summed E-state index contributed by atoms with van der Waals surface area (Å²) < 4.78 is 39.3. The average molecular weight is 318 g/mol. The van der Waals surface area contributed by atoms with E-state index < -0.39 is 11.7 Å². The van der Waals surface area contributed by atoms with Crippen LogP contribution in [0.15, 0.2) is 59.6 Å². The summed E-state index contributed by atoms with van der Waals surface area (Å²) in [5.41, 5.74) is 0.445. The highest BCUT2D eigenvalue weighted by atomic mass is 19.4. The van der Waals surface area contributed by atoms with Crippen molar-refractivity contribution < 1.29 is 13.2 Å². The standard InChI is InChI=1S/C18H17F3N2/c19-18(20,21)15-9-4-5-10-16(15)22-17-11-6-12-23(17)13-14-7-2-1-3-8-14/h1-5,7-10H,6,11-13H2.